The minimum absolute atomic E-state index is 0.156. The molecule has 178 valence electrons. The van der Waals surface area contributed by atoms with Crippen LogP contribution in [-0.2, 0) is 12.7 Å². The van der Waals surface area contributed by atoms with Gasteiger partial charge in [0.1, 0.15) is 17.2 Å². The molecule has 1 amide bonds. The first kappa shape index (κ1) is 24.0. The third-order valence-electron chi connectivity index (χ3n) is 5.42. The number of aryl methyl sites for hydroxylation is 2. The fourth-order valence-corrected chi connectivity index (χ4v) is 3.63. The summed E-state index contributed by atoms with van der Waals surface area (Å²) in [7, 11) is 0. The Kier molecular flexibility index (Phi) is 6.59. The average molecular weight is 480 g/mol. The van der Waals surface area contributed by atoms with Crippen LogP contribution in [0.3, 0.4) is 0 Å². The van der Waals surface area contributed by atoms with E-state index in [-0.39, 0.29) is 18.1 Å². The lowest BCUT2D eigenvalue weighted by Crippen LogP contribution is -2.23. The lowest BCUT2D eigenvalue weighted by molar-refractivity contribution is -0.141. The van der Waals surface area contributed by atoms with Crippen LogP contribution < -0.4 is 5.32 Å². The second kappa shape index (κ2) is 9.61. The molecule has 0 radical (unpaired) electrons. The Morgan fingerprint density at radius 1 is 0.886 bits per heavy atom. The van der Waals surface area contributed by atoms with Crippen LogP contribution in [0, 0.1) is 19.7 Å². The molecule has 4 rings (SSSR count). The van der Waals surface area contributed by atoms with Crippen molar-refractivity contribution in [3.8, 4) is 22.4 Å². The molecule has 4 aromatic rings. The van der Waals surface area contributed by atoms with Crippen molar-refractivity contribution in [3.05, 3.63) is 101 Å². The zero-order valence-electron chi connectivity index (χ0n) is 18.8. The first-order valence-corrected chi connectivity index (χ1v) is 10.6. The smallest absolute Gasteiger partial charge is 0.347 e. The summed E-state index contributed by atoms with van der Waals surface area (Å²) in [5, 5.41) is 2.75. The fourth-order valence-electron chi connectivity index (χ4n) is 3.63. The Morgan fingerprint density at radius 3 is 2.37 bits per heavy atom. The Morgan fingerprint density at radius 2 is 1.69 bits per heavy atom. The monoisotopic (exact) mass is 480 g/mol. The van der Waals surface area contributed by atoms with Crippen molar-refractivity contribution < 1.29 is 22.4 Å². The van der Waals surface area contributed by atoms with Crippen LogP contribution in [0.1, 0.15) is 32.9 Å². The number of nitrogens with one attached hydrogen (secondary N) is 1. The summed E-state index contributed by atoms with van der Waals surface area (Å²) in [5.74, 6) is -0.759. The van der Waals surface area contributed by atoms with E-state index < -0.39 is 17.8 Å². The topological polar surface area (TPSA) is 67.8 Å². The Balaban J connectivity index is 1.44. The van der Waals surface area contributed by atoms with Gasteiger partial charge in [-0.3, -0.25) is 19.7 Å². The Bertz CT molecular complexity index is 1390. The summed E-state index contributed by atoms with van der Waals surface area (Å²) in [5.41, 5.74) is 3.52. The molecule has 0 aliphatic heterocycles. The van der Waals surface area contributed by atoms with Gasteiger partial charge in [-0.05, 0) is 66.4 Å². The van der Waals surface area contributed by atoms with Crippen LogP contribution in [0.15, 0.2) is 67.1 Å². The molecule has 3 heterocycles. The van der Waals surface area contributed by atoms with E-state index in [2.05, 4.69) is 20.3 Å². The molecule has 0 atom stereocenters. The van der Waals surface area contributed by atoms with Crippen LogP contribution >= 0.6 is 0 Å². The second-order valence-electron chi connectivity index (χ2n) is 8.01. The van der Waals surface area contributed by atoms with E-state index in [4.69, 9.17) is 0 Å². The van der Waals surface area contributed by atoms with Crippen molar-refractivity contribution in [2.24, 2.45) is 0 Å². The predicted octanol–water partition coefficient (Wildman–Crippen LogP) is 5.91. The van der Waals surface area contributed by atoms with Crippen LogP contribution in [-0.4, -0.2) is 20.9 Å². The fraction of sp³-hybridized carbons (Fsp3) is 0.154. The van der Waals surface area contributed by atoms with Crippen molar-refractivity contribution in [2.75, 3.05) is 0 Å². The number of alkyl halides is 3. The van der Waals surface area contributed by atoms with Crippen LogP contribution in [0.4, 0.5) is 17.6 Å². The molecule has 0 bridgehead atoms. The summed E-state index contributed by atoms with van der Waals surface area (Å²) >= 11 is 0. The highest BCUT2D eigenvalue weighted by molar-refractivity contribution is 5.92. The zero-order chi connectivity index (χ0) is 25.2. The van der Waals surface area contributed by atoms with Gasteiger partial charge in [-0.2, -0.15) is 13.2 Å². The highest BCUT2D eigenvalue weighted by atomic mass is 19.4. The number of pyridine rings is 3. The van der Waals surface area contributed by atoms with Gasteiger partial charge >= 0.3 is 6.18 Å². The summed E-state index contributed by atoms with van der Waals surface area (Å²) < 4.78 is 52.5. The first-order valence-electron chi connectivity index (χ1n) is 10.6. The average Bonchev–Trinajstić information content (AvgIpc) is 2.84. The number of halogens is 4. The lowest BCUT2D eigenvalue weighted by Gasteiger charge is -2.11. The Labute approximate surface area is 198 Å². The van der Waals surface area contributed by atoms with Gasteiger partial charge in [-0.1, -0.05) is 18.2 Å². The van der Waals surface area contributed by atoms with Gasteiger partial charge in [0.15, 0.2) is 0 Å². The molecule has 3 aromatic heterocycles. The molecular weight excluding hydrogens is 460 g/mol. The SMILES string of the molecule is Cc1ccc(F)cc1-c1ccc(C(=O)NCc2cnc(-c3ccnc(C(F)(F)F)c3)c(C)c2)nc1. The minimum atomic E-state index is -4.55. The molecule has 0 fully saturated rings. The third-order valence-corrected chi connectivity index (χ3v) is 5.42. The van der Waals surface area contributed by atoms with E-state index in [1.807, 2.05) is 6.92 Å². The van der Waals surface area contributed by atoms with Crippen LogP contribution in [0.2, 0.25) is 0 Å². The van der Waals surface area contributed by atoms with Crippen molar-refractivity contribution in [1.82, 2.24) is 20.3 Å². The van der Waals surface area contributed by atoms with Crippen molar-refractivity contribution in [1.29, 1.82) is 0 Å². The van der Waals surface area contributed by atoms with Gasteiger partial charge in [-0.25, -0.2) is 4.39 Å². The molecule has 0 spiro atoms. The molecule has 0 saturated carbocycles. The van der Waals surface area contributed by atoms with Gasteiger partial charge in [0, 0.05) is 36.3 Å². The molecule has 0 aliphatic carbocycles. The number of amides is 1. The summed E-state index contributed by atoms with van der Waals surface area (Å²) in [6, 6.07) is 11.9. The standard InChI is InChI=1S/C26H20F4N4O/c1-15-3-5-20(27)11-21(15)19-4-6-22(32-14-19)25(35)34-13-17-9-16(2)24(33-12-17)18-7-8-31-23(10-18)26(28,29)30/h3-12,14H,13H2,1-2H3,(H,34,35). The highest BCUT2D eigenvalue weighted by Gasteiger charge is 2.32. The van der Waals surface area contributed by atoms with E-state index in [9.17, 15) is 22.4 Å². The number of hydrogen-bond donors (Lipinski definition) is 1. The molecular formula is C26H20F4N4O. The predicted molar refractivity (Wildman–Crippen MR) is 123 cm³/mol. The van der Waals surface area contributed by atoms with E-state index >= 15 is 0 Å². The molecule has 1 aromatic carbocycles. The molecule has 0 aliphatic rings. The number of carbonyl (C=O) groups excluding carboxylic acids is 1. The maximum atomic E-state index is 13.6. The van der Waals surface area contributed by atoms with Crippen molar-refractivity contribution in [3.63, 3.8) is 0 Å². The third kappa shape index (κ3) is 5.51. The quantitative estimate of drug-likeness (QED) is 0.361. The molecule has 9 heteroatoms. The molecule has 0 unspecified atom stereocenters. The number of aromatic nitrogens is 3. The summed E-state index contributed by atoms with van der Waals surface area (Å²) in [4.78, 5) is 24.4. The zero-order valence-corrected chi connectivity index (χ0v) is 18.8. The largest absolute Gasteiger partial charge is 0.433 e. The maximum absolute atomic E-state index is 13.6. The minimum Gasteiger partial charge on any atom is -0.347 e. The maximum Gasteiger partial charge on any atom is 0.433 e. The van der Waals surface area contributed by atoms with Crippen LogP contribution in [0.25, 0.3) is 22.4 Å². The van der Waals surface area contributed by atoms with E-state index in [1.165, 1.54) is 30.6 Å². The van der Waals surface area contributed by atoms with Gasteiger partial charge in [0.25, 0.3) is 5.91 Å². The lowest BCUT2D eigenvalue weighted by atomic mass is 10.0. The summed E-state index contributed by atoms with van der Waals surface area (Å²) in [6.45, 7) is 3.75. The molecule has 0 saturated heterocycles. The van der Waals surface area contributed by atoms with Crippen LogP contribution in [0.5, 0.6) is 0 Å². The Hall–Kier alpha value is -4.14. The second-order valence-corrected chi connectivity index (χ2v) is 8.01. The van der Waals surface area contributed by atoms with E-state index in [0.29, 0.717) is 33.5 Å². The van der Waals surface area contributed by atoms with Gasteiger partial charge < -0.3 is 5.32 Å². The van der Waals surface area contributed by atoms with Crippen molar-refractivity contribution in [2.45, 2.75) is 26.6 Å². The summed E-state index contributed by atoms with van der Waals surface area (Å²) in [6.07, 6.45) is -0.432. The van der Waals surface area contributed by atoms with Gasteiger partial charge in [-0.15, -0.1) is 0 Å². The van der Waals surface area contributed by atoms with Gasteiger partial charge in [0.05, 0.1) is 5.69 Å². The molecule has 35 heavy (non-hydrogen) atoms. The number of benzene rings is 1. The molecule has 5 nitrogen and oxygen atoms in total. The number of carbonyl (C=O) groups is 1. The van der Waals surface area contributed by atoms with E-state index in [1.54, 1.807) is 31.2 Å². The first-order chi connectivity index (χ1) is 16.6. The number of hydrogen-bond acceptors (Lipinski definition) is 4. The molecule has 1 N–H and O–H groups in total. The highest BCUT2D eigenvalue weighted by Crippen LogP contribution is 2.31. The van der Waals surface area contributed by atoms with E-state index in [0.717, 1.165) is 17.8 Å². The normalized spacial score (nSPS) is 11.4. The van der Waals surface area contributed by atoms with Gasteiger partial charge in [0.2, 0.25) is 0 Å². The van der Waals surface area contributed by atoms with Crippen molar-refractivity contribution >= 4 is 5.91 Å². The number of nitrogens with zero attached hydrogens (tertiary/aromatic N) is 3. The number of rotatable bonds is 5.